The molecule has 2 atom stereocenters. The van der Waals surface area contributed by atoms with Gasteiger partial charge in [0.1, 0.15) is 6.04 Å². The van der Waals surface area contributed by atoms with Gasteiger partial charge in [0.25, 0.3) is 11.8 Å². The van der Waals surface area contributed by atoms with Gasteiger partial charge in [-0.3, -0.25) is 14.5 Å². The van der Waals surface area contributed by atoms with Crippen molar-refractivity contribution >= 4 is 33.7 Å². The summed E-state index contributed by atoms with van der Waals surface area (Å²) in [7, 11) is 0. The monoisotopic (exact) mass is 381 g/mol. The lowest BCUT2D eigenvalue weighted by atomic mass is 10.0. The van der Waals surface area contributed by atoms with E-state index in [4.69, 9.17) is 4.74 Å². The topological polar surface area (TPSA) is 63.7 Å². The maximum atomic E-state index is 12.6. The molecule has 0 bridgehead atoms. The number of alkyl halides is 1. The number of esters is 1. The lowest BCUT2D eigenvalue weighted by Gasteiger charge is -2.29. The standard InChI is InChI=1S/C17H20BrNO4/c1-9(2)13(17(22)23-14(18)10(3)4)19-15(20)11-7-5-6-8-12(11)16(19)21/h5-10,13-14H,1-4H3/t13-,14?/m1/s1. The van der Waals surface area contributed by atoms with Crippen molar-refractivity contribution in [2.24, 2.45) is 11.8 Å². The van der Waals surface area contributed by atoms with E-state index in [0.29, 0.717) is 11.1 Å². The number of carbonyl (C=O) groups is 3. The fourth-order valence-corrected chi connectivity index (χ4v) is 2.64. The molecule has 1 aromatic carbocycles. The number of amides is 2. The highest BCUT2D eigenvalue weighted by atomic mass is 79.9. The number of hydrogen-bond acceptors (Lipinski definition) is 4. The van der Waals surface area contributed by atoms with E-state index in [1.807, 2.05) is 13.8 Å². The maximum absolute atomic E-state index is 12.6. The molecule has 0 spiro atoms. The smallest absolute Gasteiger partial charge is 0.330 e. The van der Waals surface area contributed by atoms with E-state index in [9.17, 15) is 14.4 Å². The summed E-state index contributed by atoms with van der Waals surface area (Å²) in [6, 6.07) is 5.65. The average Bonchev–Trinajstić information content (AvgIpc) is 2.73. The van der Waals surface area contributed by atoms with E-state index >= 15 is 0 Å². The number of nitrogens with zero attached hydrogens (tertiary/aromatic N) is 1. The van der Waals surface area contributed by atoms with Crippen molar-refractivity contribution in [2.45, 2.75) is 38.8 Å². The minimum absolute atomic E-state index is 0.0777. The van der Waals surface area contributed by atoms with Gasteiger partial charge < -0.3 is 4.74 Å². The molecule has 1 unspecified atom stereocenters. The second kappa shape index (κ2) is 6.83. The number of rotatable bonds is 5. The normalized spacial score (nSPS) is 16.7. The average molecular weight is 382 g/mol. The Morgan fingerprint density at radius 2 is 1.48 bits per heavy atom. The van der Waals surface area contributed by atoms with Gasteiger partial charge in [-0.1, -0.05) is 39.8 Å². The van der Waals surface area contributed by atoms with Crippen LogP contribution >= 0.6 is 15.9 Å². The molecule has 6 heteroatoms. The fraction of sp³-hybridized carbons (Fsp3) is 0.471. The summed E-state index contributed by atoms with van der Waals surface area (Å²) in [5, 5.41) is -0.466. The summed E-state index contributed by atoms with van der Waals surface area (Å²) < 4.78 is 5.37. The highest BCUT2D eigenvalue weighted by Crippen LogP contribution is 2.28. The van der Waals surface area contributed by atoms with E-state index < -0.39 is 28.8 Å². The van der Waals surface area contributed by atoms with Crippen LogP contribution in [-0.2, 0) is 9.53 Å². The molecule has 1 aliphatic rings. The first-order valence-electron chi connectivity index (χ1n) is 7.57. The Morgan fingerprint density at radius 3 is 1.87 bits per heavy atom. The predicted octanol–water partition coefficient (Wildman–Crippen LogP) is 3.23. The molecule has 0 radical (unpaired) electrons. The molecule has 0 saturated carbocycles. The Labute approximate surface area is 144 Å². The van der Waals surface area contributed by atoms with Crippen LogP contribution in [0.3, 0.4) is 0 Å². The second-order valence-electron chi connectivity index (χ2n) is 6.25. The molecule has 1 heterocycles. The Morgan fingerprint density at radius 1 is 1.00 bits per heavy atom. The van der Waals surface area contributed by atoms with Gasteiger partial charge in [-0.25, -0.2) is 4.79 Å². The maximum Gasteiger partial charge on any atom is 0.330 e. The van der Waals surface area contributed by atoms with Crippen LogP contribution in [0.4, 0.5) is 0 Å². The minimum Gasteiger partial charge on any atom is -0.449 e. The highest BCUT2D eigenvalue weighted by molar-refractivity contribution is 9.09. The largest absolute Gasteiger partial charge is 0.449 e. The Hall–Kier alpha value is -1.69. The van der Waals surface area contributed by atoms with Crippen LogP contribution in [0.15, 0.2) is 24.3 Å². The third-order valence-electron chi connectivity index (χ3n) is 3.73. The second-order valence-corrected chi connectivity index (χ2v) is 7.15. The van der Waals surface area contributed by atoms with E-state index in [2.05, 4.69) is 15.9 Å². The van der Waals surface area contributed by atoms with Gasteiger partial charge in [-0.15, -0.1) is 0 Å². The summed E-state index contributed by atoms with van der Waals surface area (Å²) in [6.07, 6.45) is 0. The van der Waals surface area contributed by atoms with Crippen LogP contribution in [0.2, 0.25) is 0 Å². The van der Waals surface area contributed by atoms with Crippen molar-refractivity contribution in [1.29, 1.82) is 0 Å². The molecule has 23 heavy (non-hydrogen) atoms. The Kier molecular flexibility index (Phi) is 5.24. The van der Waals surface area contributed by atoms with Crippen molar-refractivity contribution in [1.82, 2.24) is 4.90 Å². The van der Waals surface area contributed by atoms with Gasteiger partial charge >= 0.3 is 5.97 Å². The predicted molar refractivity (Wildman–Crippen MR) is 89.2 cm³/mol. The SMILES string of the molecule is CC(C)C(Br)OC(=O)[C@@H](C(C)C)N1C(=O)c2ccccc2C1=O. The highest BCUT2D eigenvalue weighted by Gasteiger charge is 2.45. The summed E-state index contributed by atoms with van der Waals surface area (Å²) in [6.45, 7) is 7.38. The summed E-state index contributed by atoms with van der Waals surface area (Å²) >= 11 is 3.30. The quantitative estimate of drug-likeness (QED) is 0.446. The number of halogens is 1. The van der Waals surface area contributed by atoms with Crippen LogP contribution in [0, 0.1) is 11.8 Å². The van der Waals surface area contributed by atoms with Gasteiger partial charge in [0.2, 0.25) is 0 Å². The molecule has 1 aromatic rings. The molecule has 1 aliphatic heterocycles. The molecule has 0 aliphatic carbocycles. The summed E-state index contributed by atoms with van der Waals surface area (Å²) in [5.41, 5.74) is 0.658. The lowest BCUT2D eigenvalue weighted by molar-refractivity contribution is -0.152. The van der Waals surface area contributed by atoms with Gasteiger partial charge in [0, 0.05) is 5.92 Å². The van der Waals surface area contributed by atoms with E-state index in [1.165, 1.54) is 0 Å². The van der Waals surface area contributed by atoms with Crippen LogP contribution in [0.25, 0.3) is 0 Å². The van der Waals surface area contributed by atoms with Crippen molar-refractivity contribution in [2.75, 3.05) is 0 Å². The first-order chi connectivity index (χ1) is 10.8. The first kappa shape index (κ1) is 17.7. The number of carbonyl (C=O) groups excluding carboxylic acids is 3. The fourth-order valence-electron chi connectivity index (χ4n) is 2.45. The molecule has 2 rings (SSSR count). The zero-order valence-electron chi connectivity index (χ0n) is 13.6. The van der Waals surface area contributed by atoms with E-state index in [1.54, 1.807) is 38.1 Å². The van der Waals surface area contributed by atoms with Crippen molar-refractivity contribution in [3.63, 3.8) is 0 Å². The van der Waals surface area contributed by atoms with Gasteiger partial charge in [-0.2, -0.15) is 0 Å². The third kappa shape index (κ3) is 3.32. The Balaban J connectivity index is 2.31. The molecule has 0 fully saturated rings. The molecule has 0 saturated heterocycles. The summed E-state index contributed by atoms with van der Waals surface area (Å²) in [4.78, 5) is 38.7. The number of ether oxygens (including phenoxy) is 1. The first-order valence-corrected chi connectivity index (χ1v) is 8.48. The van der Waals surface area contributed by atoms with Gasteiger partial charge in [0.15, 0.2) is 5.01 Å². The van der Waals surface area contributed by atoms with Gasteiger partial charge in [0.05, 0.1) is 11.1 Å². The van der Waals surface area contributed by atoms with Crippen molar-refractivity contribution < 1.29 is 19.1 Å². The molecule has 2 amide bonds. The zero-order chi connectivity index (χ0) is 17.3. The van der Waals surface area contributed by atoms with Crippen LogP contribution in [0.1, 0.15) is 48.4 Å². The molecule has 0 aromatic heterocycles. The number of benzene rings is 1. The zero-order valence-corrected chi connectivity index (χ0v) is 15.2. The van der Waals surface area contributed by atoms with Crippen LogP contribution < -0.4 is 0 Å². The van der Waals surface area contributed by atoms with Crippen LogP contribution in [-0.4, -0.2) is 33.7 Å². The van der Waals surface area contributed by atoms with Crippen molar-refractivity contribution in [3.05, 3.63) is 35.4 Å². The molecular formula is C17H20BrNO4. The minimum atomic E-state index is -0.943. The third-order valence-corrected chi connectivity index (χ3v) is 4.97. The lowest BCUT2D eigenvalue weighted by Crippen LogP contribution is -2.49. The number of fused-ring (bicyclic) bond motifs is 1. The molecule has 0 N–H and O–H groups in total. The Bertz CT molecular complexity index is 606. The summed E-state index contributed by atoms with van der Waals surface area (Å²) in [5.74, 6) is -1.65. The van der Waals surface area contributed by atoms with E-state index in [0.717, 1.165) is 4.90 Å². The number of hydrogen-bond donors (Lipinski definition) is 0. The number of imide groups is 1. The molecular weight excluding hydrogens is 362 g/mol. The molecule has 5 nitrogen and oxygen atoms in total. The van der Waals surface area contributed by atoms with Gasteiger partial charge in [-0.05, 0) is 34.0 Å². The van der Waals surface area contributed by atoms with Crippen LogP contribution in [0.5, 0.6) is 0 Å². The van der Waals surface area contributed by atoms with E-state index in [-0.39, 0.29) is 11.8 Å². The van der Waals surface area contributed by atoms with Crippen molar-refractivity contribution in [3.8, 4) is 0 Å². The molecule has 124 valence electrons.